The van der Waals surface area contributed by atoms with Gasteiger partial charge in [-0.2, -0.15) is 26.3 Å². The van der Waals surface area contributed by atoms with Crippen molar-refractivity contribution >= 4 is 12.2 Å². The summed E-state index contributed by atoms with van der Waals surface area (Å²) >= 11 is 0. The number of carbonyl (C=O) groups is 1. The predicted octanol–water partition coefficient (Wildman–Crippen LogP) is 6.32. The van der Waals surface area contributed by atoms with Crippen LogP contribution >= 0.6 is 0 Å². The van der Waals surface area contributed by atoms with Gasteiger partial charge in [0.2, 0.25) is 6.61 Å². The molecule has 0 amide bonds. The molecular weight excluding hydrogens is 508 g/mol. The Bertz CT molecular complexity index is 1260. The van der Waals surface area contributed by atoms with Crippen molar-refractivity contribution in [3.63, 3.8) is 0 Å². The molecule has 0 bridgehead atoms. The largest absolute Gasteiger partial charge is 0.485 e. The van der Waals surface area contributed by atoms with Crippen molar-refractivity contribution < 1.29 is 50.6 Å². The van der Waals surface area contributed by atoms with Gasteiger partial charge >= 0.3 is 18.3 Å². The minimum absolute atomic E-state index is 0.0616. The summed E-state index contributed by atoms with van der Waals surface area (Å²) in [5.41, 5.74) is -0.890. The molecule has 0 saturated carbocycles. The molecule has 37 heavy (non-hydrogen) atoms. The van der Waals surface area contributed by atoms with Gasteiger partial charge in [-0.05, 0) is 53.6 Å². The normalized spacial score (nSPS) is 11.9. The van der Waals surface area contributed by atoms with Crippen LogP contribution < -0.4 is 9.47 Å². The Morgan fingerprint density at radius 2 is 1.32 bits per heavy atom. The predicted molar refractivity (Wildman–Crippen MR) is 119 cm³/mol. The smallest absolute Gasteiger partial charge is 0.416 e. The first-order valence-corrected chi connectivity index (χ1v) is 10.5. The van der Waals surface area contributed by atoms with E-state index in [1.165, 1.54) is 48.7 Å². The molecule has 0 atom stereocenters. The fourth-order valence-electron chi connectivity index (χ4n) is 3.02. The van der Waals surface area contributed by atoms with Crippen LogP contribution in [0.4, 0.5) is 26.3 Å². The van der Waals surface area contributed by atoms with Gasteiger partial charge in [0, 0.05) is 5.56 Å². The van der Waals surface area contributed by atoms with Crippen molar-refractivity contribution in [3.05, 3.63) is 94.5 Å². The third-order valence-corrected chi connectivity index (χ3v) is 4.73. The van der Waals surface area contributed by atoms with E-state index in [0.717, 1.165) is 24.3 Å². The van der Waals surface area contributed by atoms with E-state index in [1.54, 1.807) is 0 Å². The summed E-state index contributed by atoms with van der Waals surface area (Å²) in [6.45, 7) is -1.20. The number of hydrogen-bond donors (Lipinski definition) is 1. The lowest BCUT2D eigenvalue weighted by Gasteiger charge is -2.15. The van der Waals surface area contributed by atoms with Gasteiger partial charge in [0.05, 0.1) is 17.3 Å². The number of ether oxygens (including phenoxy) is 2. The minimum Gasteiger partial charge on any atom is -0.485 e. The van der Waals surface area contributed by atoms with Crippen molar-refractivity contribution in [3.8, 4) is 11.5 Å². The zero-order chi connectivity index (χ0) is 27.1. The van der Waals surface area contributed by atoms with Crippen LogP contribution in [0.3, 0.4) is 0 Å². The Kier molecular flexibility index (Phi) is 8.64. The lowest BCUT2D eigenvalue weighted by molar-refractivity contribution is -0.142. The molecule has 0 aliphatic heterocycles. The average molecular weight is 527 g/mol. The highest BCUT2D eigenvalue weighted by molar-refractivity contribution is 5.80. The molecule has 3 rings (SSSR count). The number of rotatable bonds is 10. The van der Waals surface area contributed by atoms with Crippen LogP contribution in [-0.4, -0.2) is 23.9 Å². The molecule has 6 nitrogen and oxygen atoms in total. The van der Waals surface area contributed by atoms with Crippen molar-refractivity contribution in [2.75, 3.05) is 6.61 Å². The number of nitrogens with zero attached hydrogens (tertiary/aromatic N) is 1. The second-order valence-electron chi connectivity index (χ2n) is 7.58. The van der Waals surface area contributed by atoms with Gasteiger partial charge in [-0.1, -0.05) is 29.4 Å². The number of aliphatic carboxylic acids is 1. The molecule has 12 heteroatoms. The molecule has 0 aromatic heterocycles. The van der Waals surface area contributed by atoms with Crippen LogP contribution in [-0.2, 0) is 35.2 Å². The summed E-state index contributed by atoms with van der Waals surface area (Å²) in [7, 11) is 0. The standard InChI is InChI=1S/C25H19F6NO5/c26-24(27,28)19-5-1-3-17(9-19)13-35-21-8-7-16(12-32-37-15-23(33)34)11-22(21)36-14-18-4-2-6-20(10-18)25(29,30)31/h1-12H,13-15H2,(H,33,34). The highest BCUT2D eigenvalue weighted by Crippen LogP contribution is 2.33. The summed E-state index contributed by atoms with van der Waals surface area (Å²) in [5.74, 6) is -1.07. The Hall–Kier alpha value is -4.22. The Labute approximate surface area is 206 Å². The van der Waals surface area contributed by atoms with Crippen LogP contribution in [0.5, 0.6) is 11.5 Å². The number of oxime groups is 1. The average Bonchev–Trinajstić information content (AvgIpc) is 2.84. The fraction of sp³-hybridized carbons (Fsp3) is 0.200. The van der Waals surface area contributed by atoms with Gasteiger partial charge in [-0.25, -0.2) is 4.79 Å². The van der Waals surface area contributed by atoms with Crippen LogP contribution in [0.25, 0.3) is 0 Å². The third-order valence-electron chi connectivity index (χ3n) is 4.73. The molecule has 3 aromatic rings. The number of hydrogen-bond acceptors (Lipinski definition) is 5. The van der Waals surface area contributed by atoms with Gasteiger partial charge in [0.25, 0.3) is 0 Å². The monoisotopic (exact) mass is 527 g/mol. The van der Waals surface area contributed by atoms with Crippen molar-refractivity contribution in [1.29, 1.82) is 0 Å². The summed E-state index contributed by atoms with van der Waals surface area (Å²) in [5, 5.41) is 12.1. The van der Waals surface area contributed by atoms with E-state index in [-0.39, 0.29) is 35.8 Å². The molecule has 1 N–H and O–H groups in total. The van der Waals surface area contributed by atoms with Crippen molar-refractivity contribution in [2.45, 2.75) is 25.6 Å². The first-order valence-electron chi connectivity index (χ1n) is 10.5. The highest BCUT2D eigenvalue weighted by Gasteiger charge is 2.31. The number of halogens is 6. The van der Waals surface area contributed by atoms with E-state index >= 15 is 0 Å². The molecule has 0 fully saturated rings. The van der Waals surface area contributed by atoms with Crippen molar-refractivity contribution in [2.24, 2.45) is 5.16 Å². The summed E-state index contributed by atoms with van der Waals surface area (Å²) < 4.78 is 89.3. The second kappa shape index (κ2) is 11.7. The Morgan fingerprint density at radius 1 is 0.784 bits per heavy atom. The van der Waals surface area contributed by atoms with E-state index in [9.17, 15) is 31.1 Å². The molecule has 0 aliphatic carbocycles. The van der Waals surface area contributed by atoms with E-state index in [4.69, 9.17) is 14.6 Å². The number of carboxylic acids is 1. The Balaban J connectivity index is 1.81. The molecule has 0 aliphatic rings. The summed E-state index contributed by atoms with van der Waals surface area (Å²) in [6, 6.07) is 13.4. The number of benzene rings is 3. The first kappa shape index (κ1) is 27.4. The molecule has 196 valence electrons. The van der Waals surface area contributed by atoms with Crippen molar-refractivity contribution in [1.82, 2.24) is 0 Å². The third kappa shape index (κ3) is 8.44. The van der Waals surface area contributed by atoms with E-state index in [2.05, 4.69) is 9.99 Å². The van der Waals surface area contributed by atoms with E-state index < -0.39 is 36.1 Å². The van der Waals surface area contributed by atoms with Gasteiger partial charge < -0.3 is 19.4 Å². The maximum absolute atomic E-state index is 13.0. The maximum atomic E-state index is 13.0. The highest BCUT2D eigenvalue weighted by atomic mass is 19.4. The Morgan fingerprint density at radius 3 is 1.84 bits per heavy atom. The molecule has 0 heterocycles. The lowest BCUT2D eigenvalue weighted by atomic mass is 10.1. The maximum Gasteiger partial charge on any atom is 0.416 e. The summed E-state index contributed by atoms with van der Waals surface area (Å²) in [6.07, 6.45) is -7.89. The summed E-state index contributed by atoms with van der Waals surface area (Å²) in [4.78, 5) is 15.1. The zero-order valence-corrected chi connectivity index (χ0v) is 18.8. The van der Waals surface area contributed by atoms with E-state index in [0.29, 0.717) is 5.56 Å². The van der Waals surface area contributed by atoms with Crippen LogP contribution in [0.1, 0.15) is 27.8 Å². The molecule has 0 unspecified atom stereocenters. The first-order chi connectivity index (χ1) is 17.4. The topological polar surface area (TPSA) is 77.4 Å². The second-order valence-corrected chi connectivity index (χ2v) is 7.58. The van der Waals surface area contributed by atoms with Crippen LogP contribution in [0.2, 0.25) is 0 Å². The molecule has 3 aromatic carbocycles. The van der Waals surface area contributed by atoms with Gasteiger partial charge in [0.1, 0.15) is 13.2 Å². The van der Waals surface area contributed by atoms with Crippen LogP contribution in [0.15, 0.2) is 71.9 Å². The fourth-order valence-corrected chi connectivity index (χ4v) is 3.02. The van der Waals surface area contributed by atoms with Gasteiger partial charge in [-0.3, -0.25) is 0 Å². The zero-order valence-electron chi connectivity index (χ0n) is 18.8. The molecule has 0 radical (unpaired) electrons. The molecule has 0 spiro atoms. The SMILES string of the molecule is O=C(O)CON=Cc1ccc(OCc2cccc(C(F)(F)F)c2)c(OCc2cccc(C(F)(F)F)c2)c1. The van der Waals surface area contributed by atoms with Crippen LogP contribution in [0, 0.1) is 0 Å². The number of carboxylic acid groups (broad SMARTS) is 1. The van der Waals surface area contributed by atoms with E-state index in [1.807, 2.05) is 0 Å². The minimum atomic E-state index is -4.54. The number of alkyl halides is 6. The quantitative estimate of drug-likeness (QED) is 0.190. The van der Waals surface area contributed by atoms with Gasteiger partial charge in [0.15, 0.2) is 11.5 Å². The lowest BCUT2D eigenvalue weighted by Crippen LogP contribution is -2.07. The van der Waals surface area contributed by atoms with Gasteiger partial charge in [-0.15, -0.1) is 0 Å². The molecule has 0 saturated heterocycles. The molecular formula is C25H19F6NO5.